The van der Waals surface area contributed by atoms with Gasteiger partial charge in [0.1, 0.15) is 0 Å². The van der Waals surface area contributed by atoms with Crippen LogP contribution in [0.4, 0.5) is 13.2 Å². The van der Waals surface area contributed by atoms with Crippen molar-refractivity contribution in [2.24, 2.45) is 0 Å². The monoisotopic (exact) mass is 846 g/mol. The molecule has 0 unspecified atom stereocenters. The highest BCUT2D eigenvalue weighted by Crippen LogP contribution is 2.46. The zero-order valence-corrected chi connectivity index (χ0v) is 36.5. The molecule has 0 aliphatic carbocycles. The second kappa shape index (κ2) is 13.2. The SMILES string of the molecule is Cc1ccc2c(c1)c1cc(-n3c4ccc(C)cc4c4cc(C)ccc43)ccc1c1cc3c4ccc(C(F)(F)F)cc4c4cc(-n5c6ccc(C)cc6c6cc(C)ccc65)ccc4c3cc21. The van der Waals surface area contributed by atoms with E-state index in [9.17, 15) is 13.2 Å². The summed E-state index contributed by atoms with van der Waals surface area (Å²) in [6, 6.07) is 55.0. The van der Waals surface area contributed by atoms with Crippen LogP contribution in [0.5, 0.6) is 0 Å². The average Bonchev–Trinajstić information content (AvgIpc) is 3.78. The Morgan fingerprint density at radius 2 is 0.538 bits per heavy atom. The molecule has 312 valence electrons. The number of alkyl halides is 3. The van der Waals surface area contributed by atoms with E-state index in [4.69, 9.17) is 0 Å². The summed E-state index contributed by atoms with van der Waals surface area (Å²) in [5.74, 6) is 0. The zero-order valence-electron chi connectivity index (χ0n) is 36.5. The Balaban J connectivity index is 1.12. The molecule has 0 amide bonds. The molecule has 0 radical (unpaired) electrons. The molecule has 5 heteroatoms. The van der Waals surface area contributed by atoms with Crippen LogP contribution < -0.4 is 0 Å². The Labute approximate surface area is 372 Å². The van der Waals surface area contributed by atoms with Gasteiger partial charge in [0.05, 0.1) is 27.6 Å². The lowest BCUT2D eigenvalue weighted by Crippen LogP contribution is -2.04. The van der Waals surface area contributed by atoms with Crippen LogP contribution in [0.2, 0.25) is 0 Å². The number of aryl methyl sites for hydroxylation is 5. The van der Waals surface area contributed by atoms with Gasteiger partial charge < -0.3 is 9.13 Å². The summed E-state index contributed by atoms with van der Waals surface area (Å²) in [6.45, 7) is 10.6. The number of nitrogens with zero attached hydrogens (tertiary/aromatic N) is 2. The van der Waals surface area contributed by atoms with Crippen molar-refractivity contribution in [1.82, 2.24) is 9.13 Å². The summed E-state index contributed by atoms with van der Waals surface area (Å²) < 4.78 is 48.6. The molecular weight excluding hydrogens is 806 g/mol. The molecule has 0 fully saturated rings. The maximum absolute atomic E-state index is 14.6. The van der Waals surface area contributed by atoms with Gasteiger partial charge in [0.2, 0.25) is 0 Å². The summed E-state index contributed by atoms with van der Waals surface area (Å²) in [5, 5.41) is 16.5. The molecule has 0 spiro atoms. The molecule has 65 heavy (non-hydrogen) atoms. The first-order valence-electron chi connectivity index (χ1n) is 22.2. The first-order chi connectivity index (χ1) is 31.4. The molecule has 11 aromatic carbocycles. The van der Waals surface area contributed by atoms with Crippen molar-refractivity contribution >= 4 is 108 Å². The third-order valence-electron chi connectivity index (χ3n) is 14.1. The van der Waals surface area contributed by atoms with Crippen LogP contribution in [-0.2, 0) is 6.18 Å². The molecule has 2 nitrogen and oxygen atoms in total. The molecule has 0 saturated carbocycles. The number of benzene rings is 11. The van der Waals surface area contributed by atoms with Gasteiger partial charge >= 0.3 is 6.18 Å². The Kier molecular flexibility index (Phi) is 7.70. The molecule has 13 aromatic rings. The first kappa shape index (κ1) is 37.9. The minimum atomic E-state index is -4.50. The minimum Gasteiger partial charge on any atom is -0.309 e. The van der Waals surface area contributed by atoms with Crippen molar-refractivity contribution in [2.75, 3.05) is 0 Å². The van der Waals surface area contributed by atoms with Crippen LogP contribution in [-0.4, -0.2) is 9.13 Å². The largest absolute Gasteiger partial charge is 0.416 e. The summed E-state index contributed by atoms with van der Waals surface area (Å²) in [6.07, 6.45) is -4.50. The normalized spacial score (nSPS) is 12.6. The molecular formula is C60H41F3N2. The lowest BCUT2D eigenvalue weighted by atomic mass is 9.87. The van der Waals surface area contributed by atoms with Gasteiger partial charge in [0.15, 0.2) is 0 Å². The van der Waals surface area contributed by atoms with Crippen LogP contribution in [0, 0.1) is 34.6 Å². The fraction of sp³-hybridized carbons (Fsp3) is 0.100. The van der Waals surface area contributed by atoms with Gasteiger partial charge in [-0.2, -0.15) is 13.2 Å². The summed E-state index contributed by atoms with van der Waals surface area (Å²) in [5.41, 5.74) is 11.7. The third-order valence-corrected chi connectivity index (χ3v) is 14.1. The minimum absolute atomic E-state index is 0.579. The van der Waals surface area contributed by atoms with Gasteiger partial charge in [0.25, 0.3) is 0 Å². The van der Waals surface area contributed by atoms with E-state index < -0.39 is 11.7 Å². The molecule has 2 aromatic heterocycles. The summed E-state index contributed by atoms with van der Waals surface area (Å²) in [4.78, 5) is 0. The Morgan fingerprint density at radius 1 is 0.262 bits per heavy atom. The zero-order chi connectivity index (χ0) is 44.2. The van der Waals surface area contributed by atoms with E-state index >= 15 is 0 Å². The van der Waals surface area contributed by atoms with E-state index in [1.807, 2.05) is 0 Å². The number of aromatic nitrogens is 2. The molecule has 0 bridgehead atoms. The molecule has 0 aliphatic heterocycles. The average molecular weight is 847 g/mol. The van der Waals surface area contributed by atoms with Gasteiger partial charge in [-0.3, -0.25) is 0 Å². The second-order valence-corrected chi connectivity index (χ2v) is 18.5. The fourth-order valence-electron chi connectivity index (χ4n) is 11.1. The maximum atomic E-state index is 14.6. The number of rotatable bonds is 2. The van der Waals surface area contributed by atoms with Gasteiger partial charge in [0, 0.05) is 32.9 Å². The Hall–Kier alpha value is -7.63. The van der Waals surface area contributed by atoms with E-state index in [2.05, 4.69) is 183 Å². The van der Waals surface area contributed by atoms with Crippen molar-refractivity contribution in [3.05, 3.63) is 191 Å². The number of hydrogen-bond acceptors (Lipinski definition) is 0. The highest BCUT2D eigenvalue weighted by Gasteiger charge is 2.31. The fourth-order valence-corrected chi connectivity index (χ4v) is 11.1. The van der Waals surface area contributed by atoms with Crippen LogP contribution in [0.3, 0.4) is 0 Å². The van der Waals surface area contributed by atoms with E-state index in [1.165, 1.54) is 56.1 Å². The lowest BCUT2D eigenvalue weighted by Gasteiger charge is -2.18. The summed E-state index contributed by atoms with van der Waals surface area (Å²) in [7, 11) is 0. The predicted octanol–water partition coefficient (Wildman–Crippen LogP) is 17.4. The van der Waals surface area contributed by atoms with Crippen LogP contribution in [0.1, 0.15) is 33.4 Å². The molecule has 0 saturated heterocycles. The number of hydrogen-bond donors (Lipinski definition) is 0. The van der Waals surface area contributed by atoms with E-state index in [0.717, 1.165) is 98.1 Å². The van der Waals surface area contributed by atoms with Crippen LogP contribution >= 0.6 is 0 Å². The summed E-state index contributed by atoms with van der Waals surface area (Å²) >= 11 is 0. The highest BCUT2D eigenvalue weighted by molar-refractivity contribution is 6.33. The van der Waals surface area contributed by atoms with Gasteiger partial charge in [-0.15, -0.1) is 0 Å². The highest BCUT2D eigenvalue weighted by atomic mass is 19.4. The van der Waals surface area contributed by atoms with Crippen molar-refractivity contribution in [3.63, 3.8) is 0 Å². The first-order valence-corrected chi connectivity index (χ1v) is 22.2. The molecule has 0 aliphatic rings. The molecule has 0 atom stereocenters. The Bertz CT molecular complexity index is 4160. The lowest BCUT2D eigenvalue weighted by molar-refractivity contribution is -0.137. The Morgan fingerprint density at radius 3 is 0.908 bits per heavy atom. The van der Waals surface area contributed by atoms with Crippen molar-refractivity contribution < 1.29 is 13.2 Å². The second-order valence-electron chi connectivity index (χ2n) is 18.5. The maximum Gasteiger partial charge on any atom is 0.416 e. The van der Waals surface area contributed by atoms with E-state index in [1.54, 1.807) is 6.07 Å². The number of halogens is 3. The van der Waals surface area contributed by atoms with Gasteiger partial charge in [-0.05, 0) is 196 Å². The topological polar surface area (TPSA) is 9.86 Å². The predicted molar refractivity (Wildman–Crippen MR) is 269 cm³/mol. The quantitative estimate of drug-likeness (QED) is 0.121. The molecule has 13 rings (SSSR count). The van der Waals surface area contributed by atoms with E-state index in [-0.39, 0.29) is 0 Å². The van der Waals surface area contributed by atoms with E-state index in [0.29, 0.717) is 5.39 Å². The van der Waals surface area contributed by atoms with Crippen LogP contribution in [0.15, 0.2) is 158 Å². The van der Waals surface area contributed by atoms with Crippen molar-refractivity contribution in [3.8, 4) is 11.4 Å². The standard InChI is InChI=1S/C60H41F3N2/c1-32-6-14-40-44(22-32)46-28-38(64-56-18-7-33(2)23-52(56)53-24-34(3)8-19-57(53)64)12-16-42(46)50-31-49-41-15-11-37(60(61,62)63)27-45(41)47-29-39(13-17-43(47)51(49)30-48(40)50)65-58-20-9-35(4)25-54(58)55-26-36(5)10-21-59(55)65/h6-31H,1-5H3. The van der Waals surface area contributed by atoms with Gasteiger partial charge in [-0.25, -0.2) is 0 Å². The van der Waals surface area contributed by atoms with Gasteiger partial charge in [-0.1, -0.05) is 88.5 Å². The van der Waals surface area contributed by atoms with Crippen molar-refractivity contribution in [1.29, 1.82) is 0 Å². The van der Waals surface area contributed by atoms with Crippen LogP contribution in [0.25, 0.3) is 120 Å². The molecule has 0 N–H and O–H groups in total. The smallest absolute Gasteiger partial charge is 0.309 e. The number of fused-ring (bicyclic) bond motifs is 18. The third kappa shape index (κ3) is 5.48. The molecule has 2 heterocycles. The van der Waals surface area contributed by atoms with Crippen molar-refractivity contribution in [2.45, 2.75) is 40.8 Å².